The van der Waals surface area contributed by atoms with Gasteiger partial charge in [-0.3, -0.25) is 0 Å². The molecule has 3 nitrogen and oxygen atoms in total. The smallest absolute Gasteiger partial charge is 0.122 e. The number of ether oxygens (including phenoxy) is 1. The second kappa shape index (κ2) is 5.72. The molecule has 1 aromatic rings. The normalized spacial score (nSPS) is 13.8. The molecule has 0 aliphatic rings. The third-order valence-electron chi connectivity index (χ3n) is 3.60. The van der Waals surface area contributed by atoms with Gasteiger partial charge in [0.05, 0.1) is 7.11 Å². The van der Waals surface area contributed by atoms with E-state index in [9.17, 15) is 0 Å². The summed E-state index contributed by atoms with van der Waals surface area (Å²) in [4.78, 5) is 0. The van der Waals surface area contributed by atoms with Crippen molar-refractivity contribution in [2.45, 2.75) is 39.7 Å². The molecule has 1 unspecified atom stereocenters. The van der Waals surface area contributed by atoms with Crippen LogP contribution in [0, 0.1) is 5.41 Å². The van der Waals surface area contributed by atoms with Crippen molar-refractivity contribution in [3.05, 3.63) is 29.3 Å². The Morgan fingerprint density at radius 1 is 1.28 bits per heavy atom. The van der Waals surface area contributed by atoms with Gasteiger partial charge >= 0.3 is 0 Å². The van der Waals surface area contributed by atoms with E-state index in [0.717, 1.165) is 11.3 Å². The SMILES string of the molecule is COc1ccc(C(N)C(C)(C)CN)cc1C(C)C. The van der Waals surface area contributed by atoms with Gasteiger partial charge in [-0.2, -0.15) is 0 Å². The Morgan fingerprint density at radius 3 is 2.33 bits per heavy atom. The largest absolute Gasteiger partial charge is 0.496 e. The average molecular weight is 250 g/mol. The fourth-order valence-electron chi connectivity index (χ4n) is 1.98. The lowest BCUT2D eigenvalue weighted by atomic mass is 9.80. The van der Waals surface area contributed by atoms with Crippen molar-refractivity contribution >= 4 is 0 Å². The molecule has 1 atom stereocenters. The van der Waals surface area contributed by atoms with E-state index in [1.54, 1.807) is 7.11 Å². The molecule has 0 saturated heterocycles. The molecule has 0 aromatic heterocycles. The van der Waals surface area contributed by atoms with Gasteiger partial charge in [0, 0.05) is 6.04 Å². The number of methoxy groups -OCH3 is 1. The molecule has 4 N–H and O–H groups in total. The third kappa shape index (κ3) is 3.03. The van der Waals surface area contributed by atoms with Crippen LogP contribution in [0.5, 0.6) is 5.75 Å². The number of nitrogens with two attached hydrogens (primary N) is 2. The van der Waals surface area contributed by atoms with Gasteiger partial charge in [-0.1, -0.05) is 39.8 Å². The molecule has 0 saturated carbocycles. The predicted molar refractivity (Wildman–Crippen MR) is 76.8 cm³/mol. The highest BCUT2D eigenvalue weighted by molar-refractivity contribution is 5.40. The van der Waals surface area contributed by atoms with E-state index in [4.69, 9.17) is 16.2 Å². The Balaban J connectivity index is 3.16. The zero-order valence-corrected chi connectivity index (χ0v) is 12.2. The van der Waals surface area contributed by atoms with Crippen molar-refractivity contribution in [1.82, 2.24) is 0 Å². The van der Waals surface area contributed by atoms with Gasteiger partial charge in [0.25, 0.3) is 0 Å². The predicted octanol–water partition coefficient (Wildman–Crippen LogP) is 2.80. The van der Waals surface area contributed by atoms with Crippen LogP contribution in [-0.4, -0.2) is 13.7 Å². The second-order valence-electron chi connectivity index (χ2n) is 5.83. The first kappa shape index (κ1) is 15.0. The Kier molecular flexibility index (Phi) is 4.77. The van der Waals surface area contributed by atoms with E-state index < -0.39 is 0 Å². The monoisotopic (exact) mass is 250 g/mol. The van der Waals surface area contributed by atoms with Crippen LogP contribution in [0.2, 0.25) is 0 Å². The molecule has 18 heavy (non-hydrogen) atoms. The summed E-state index contributed by atoms with van der Waals surface area (Å²) in [6.07, 6.45) is 0. The lowest BCUT2D eigenvalue weighted by Gasteiger charge is -2.31. The van der Waals surface area contributed by atoms with E-state index in [-0.39, 0.29) is 11.5 Å². The summed E-state index contributed by atoms with van der Waals surface area (Å²) >= 11 is 0. The van der Waals surface area contributed by atoms with Crippen LogP contribution >= 0.6 is 0 Å². The Morgan fingerprint density at radius 2 is 1.89 bits per heavy atom. The summed E-state index contributed by atoms with van der Waals surface area (Å²) in [7, 11) is 1.70. The highest BCUT2D eigenvalue weighted by Crippen LogP contribution is 2.34. The van der Waals surface area contributed by atoms with Crippen molar-refractivity contribution in [2.75, 3.05) is 13.7 Å². The molecule has 0 radical (unpaired) electrons. The molecule has 0 bridgehead atoms. The fourth-order valence-corrected chi connectivity index (χ4v) is 1.98. The molecule has 102 valence electrons. The summed E-state index contributed by atoms with van der Waals surface area (Å²) in [6.45, 7) is 9.06. The van der Waals surface area contributed by atoms with E-state index in [2.05, 4.69) is 33.8 Å². The third-order valence-corrected chi connectivity index (χ3v) is 3.60. The molecule has 0 aliphatic carbocycles. The van der Waals surface area contributed by atoms with Gasteiger partial charge in [-0.25, -0.2) is 0 Å². The first-order chi connectivity index (χ1) is 8.33. The minimum Gasteiger partial charge on any atom is -0.496 e. The first-order valence-electron chi connectivity index (χ1n) is 6.47. The number of hydrogen-bond acceptors (Lipinski definition) is 3. The van der Waals surface area contributed by atoms with E-state index >= 15 is 0 Å². The van der Waals surface area contributed by atoms with Crippen LogP contribution < -0.4 is 16.2 Å². The minimum atomic E-state index is -0.108. The summed E-state index contributed by atoms with van der Waals surface area (Å²) in [5.74, 6) is 1.33. The average Bonchev–Trinajstić information content (AvgIpc) is 2.36. The molecular weight excluding hydrogens is 224 g/mol. The topological polar surface area (TPSA) is 61.3 Å². The maximum Gasteiger partial charge on any atom is 0.122 e. The van der Waals surface area contributed by atoms with Crippen LogP contribution in [0.15, 0.2) is 18.2 Å². The zero-order chi connectivity index (χ0) is 13.9. The van der Waals surface area contributed by atoms with Gasteiger partial charge in [-0.15, -0.1) is 0 Å². The van der Waals surface area contributed by atoms with Gasteiger partial charge in [0.15, 0.2) is 0 Å². The molecule has 0 spiro atoms. The van der Waals surface area contributed by atoms with Gasteiger partial charge in [-0.05, 0) is 35.1 Å². The molecular formula is C15H26N2O. The van der Waals surface area contributed by atoms with Crippen molar-refractivity contribution in [3.63, 3.8) is 0 Å². The summed E-state index contributed by atoms with van der Waals surface area (Å²) in [5, 5.41) is 0. The quantitative estimate of drug-likeness (QED) is 0.844. The Bertz CT molecular complexity index is 399. The van der Waals surface area contributed by atoms with Gasteiger partial charge in [0.1, 0.15) is 5.75 Å². The van der Waals surface area contributed by atoms with Crippen LogP contribution in [0.1, 0.15) is 50.8 Å². The lowest BCUT2D eigenvalue weighted by Crippen LogP contribution is -2.35. The maximum absolute atomic E-state index is 6.32. The Labute approximate surface area is 111 Å². The molecule has 3 heteroatoms. The van der Waals surface area contributed by atoms with E-state index in [1.165, 1.54) is 5.56 Å². The van der Waals surface area contributed by atoms with Crippen LogP contribution in [-0.2, 0) is 0 Å². The minimum absolute atomic E-state index is 0.0640. The number of benzene rings is 1. The van der Waals surface area contributed by atoms with Crippen molar-refractivity contribution in [1.29, 1.82) is 0 Å². The zero-order valence-electron chi connectivity index (χ0n) is 12.2. The maximum atomic E-state index is 6.32. The van der Waals surface area contributed by atoms with Gasteiger partial charge < -0.3 is 16.2 Å². The standard InChI is InChI=1S/C15H26N2O/c1-10(2)12-8-11(6-7-13(12)18-5)14(17)15(3,4)9-16/h6-8,10,14H,9,16-17H2,1-5H3. The van der Waals surface area contributed by atoms with Crippen LogP contribution in [0.25, 0.3) is 0 Å². The van der Waals surface area contributed by atoms with Gasteiger partial charge in [0.2, 0.25) is 0 Å². The molecule has 0 heterocycles. The number of rotatable bonds is 5. The summed E-state index contributed by atoms with van der Waals surface area (Å²) in [6, 6.07) is 6.11. The number of hydrogen-bond donors (Lipinski definition) is 2. The van der Waals surface area contributed by atoms with Crippen molar-refractivity contribution in [2.24, 2.45) is 16.9 Å². The second-order valence-corrected chi connectivity index (χ2v) is 5.83. The molecule has 1 rings (SSSR count). The lowest BCUT2D eigenvalue weighted by molar-refractivity contribution is 0.301. The van der Waals surface area contributed by atoms with Crippen molar-refractivity contribution in [3.8, 4) is 5.75 Å². The molecule has 0 fully saturated rings. The summed E-state index contributed by atoms with van der Waals surface area (Å²) < 4.78 is 5.39. The van der Waals surface area contributed by atoms with E-state index in [0.29, 0.717) is 12.5 Å². The molecule has 1 aromatic carbocycles. The highest BCUT2D eigenvalue weighted by atomic mass is 16.5. The molecule has 0 amide bonds. The van der Waals surface area contributed by atoms with Crippen LogP contribution in [0.4, 0.5) is 0 Å². The van der Waals surface area contributed by atoms with Crippen LogP contribution in [0.3, 0.4) is 0 Å². The highest BCUT2D eigenvalue weighted by Gasteiger charge is 2.26. The Hall–Kier alpha value is -1.06. The fraction of sp³-hybridized carbons (Fsp3) is 0.600. The first-order valence-corrected chi connectivity index (χ1v) is 6.47. The van der Waals surface area contributed by atoms with Crippen molar-refractivity contribution < 1.29 is 4.74 Å². The molecule has 0 aliphatic heterocycles. The van der Waals surface area contributed by atoms with E-state index in [1.807, 2.05) is 12.1 Å². The summed E-state index contributed by atoms with van der Waals surface area (Å²) in [5.41, 5.74) is 14.3.